The predicted molar refractivity (Wildman–Crippen MR) is 70.9 cm³/mol. The van der Waals surface area contributed by atoms with E-state index in [9.17, 15) is 0 Å². The first kappa shape index (κ1) is 13.5. The third kappa shape index (κ3) is 7.00. The van der Waals surface area contributed by atoms with Gasteiger partial charge in [0.1, 0.15) is 4.32 Å². The van der Waals surface area contributed by atoms with E-state index in [-0.39, 0.29) is 4.32 Å². The van der Waals surface area contributed by atoms with Crippen LogP contribution in [-0.2, 0) is 0 Å². The van der Waals surface area contributed by atoms with Crippen molar-refractivity contribution in [2.24, 2.45) is 5.73 Å². The molecule has 0 amide bonds. The largest absolute Gasteiger partial charge is 0.385 e. The summed E-state index contributed by atoms with van der Waals surface area (Å²) in [6, 6.07) is 1.84. The Labute approximate surface area is 99.9 Å². The van der Waals surface area contributed by atoms with Gasteiger partial charge in [0.25, 0.3) is 0 Å². The number of hydrogen-bond acceptors (Lipinski definition) is 1. The number of halogens is 1. The maximum Gasteiger partial charge on any atom is 0.128 e. The van der Waals surface area contributed by atoms with Crippen LogP contribution in [0, 0.1) is 0 Å². The minimum Gasteiger partial charge on any atom is -0.385 e. The maximum atomic E-state index is 5.79. The Hall–Kier alpha value is -0.450. The van der Waals surface area contributed by atoms with Gasteiger partial charge in [0.15, 0.2) is 0 Å². The zero-order valence-corrected chi connectivity index (χ0v) is 10.3. The fourth-order valence-corrected chi connectivity index (χ4v) is 0.907. The number of allylic oxidation sites excluding steroid dienone is 1. The van der Waals surface area contributed by atoms with Gasteiger partial charge in [-0.3, -0.25) is 0 Å². The van der Waals surface area contributed by atoms with Crippen LogP contribution in [0.5, 0.6) is 0 Å². The quantitative estimate of drug-likeness (QED) is 0.556. The number of aromatic nitrogens is 1. The Morgan fingerprint density at radius 2 is 2.36 bits per heavy atom. The van der Waals surface area contributed by atoms with E-state index in [0.717, 1.165) is 17.1 Å². The highest BCUT2D eigenvalue weighted by molar-refractivity contribution is 8.10. The predicted octanol–water partition coefficient (Wildman–Crippen LogP) is 3.25. The zero-order valence-electron chi connectivity index (χ0n) is 7.83. The lowest BCUT2D eigenvalue weighted by Gasteiger charge is -1.85. The van der Waals surface area contributed by atoms with Crippen molar-refractivity contribution in [3.63, 3.8) is 0 Å². The highest BCUT2D eigenvalue weighted by atomic mass is 35.5. The number of rotatable bonds is 2. The maximum absolute atomic E-state index is 5.79. The van der Waals surface area contributed by atoms with Gasteiger partial charge in [0.2, 0.25) is 0 Å². The molecule has 3 N–H and O–H groups in total. The van der Waals surface area contributed by atoms with Gasteiger partial charge < -0.3 is 10.7 Å². The molecular formula is C9H13ClN2S2. The summed E-state index contributed by atoms with van der Waals surface area (Å²) in [5.74, 6) is 0. The highest BCUT2D eigenvalue weighted by Crippen LogP contribution is 2.14. The molecule has 5 heteroatoms. The van der Waals surface area contributed by atoms with Gasteiger partial charge in [-0.15, -0.1) is 12.6 Å². The van der Waals surface area contributed by atoms with Crippen LogP contribution < -0.4 is 5.73 Å². The van der Waals surface area contributed by atoms with Crippen LogP contribution >= 0.6 is 36.4 Å². The molecule has 0 fully saturated rings. The molecular weight excluding hydrogens is 236 g/mol. The van der Waals surface area contributed by atoms with Crippen LogP contribution in [0.25, 0.3) is 6.08 Å². The van der Waals surface area contributed by atoms with E-state index in [4.69, 9.17) is 17.3 Å². The number of thiocarbonyl (C=S) groups is 1. The molecule has 0 aromatic carbocycles. The topological polar surface area (TPSA) is 41.8 Å². The van der Waals surface area contributed by atoms with Gasteiger partial charge in [-0.2, -0.15) is 0 Å². The summed E-state index contributed by atoms with van der Waals surface area (Å²) in [5.41, 5.74) is 5.70. The summed E-state index contributed by atoms with van der Waals surface area (Å²) in [5, 5.41) is 0.782. The molecule has 0 unspecified atom stereocenters. The van der Waals surface area contributed by atoms with E-state index < -0.39 is 0 Å². The Morgan fingerprint density at radius 3 is 2.71 bits per heavy atom. The molecule has 0 aliphatic rings. The van der Waals surface area contributed by atoms with Crippen molar-refractivity contribution in [3.8, 4) is 0 Å². The minimum atomic E-state index is 0.194. The summed E-state index contributed by atoms with van der Waals surface area (Å²) < 4.78 is 0.194. The zero-order chi connectivity index (χ0) is 11.0. The summed E-state index contributed by atoms with van der Waals surface area (Å²) in [4.78, 5) is 3.02. The van der Waals surface area contributed by atoms with E-state index in [1.807, 2.05) is 18.3 Å². The molecule has 0 aliphatic carbocycles. The van der Waals surface area contributed by atoms with Crippen LogP contribution in [-0.4, -0.2) is 9.30 Å². The summed E-state index contributed by atoms with van der Waals surface area (Å²) in [7, 11) is 0. The lowest BCUT2D eigenvalue weighted by atomic mass is 10.3. The number of aromatic amines is 1. The molecule has 14 heavy (non-hydrogen) atoms. The van der Waals surface area contributed by atoms with Crippen molar-refractivity contribution >= 4 is 46.8 Å². The van der Waals surface area contributed by atoms with Crippen molar-refractivity contribution in [1.82, 2.24) is 4.98 Å². The van der Waals surface area contributed by atoms with Crippen molar-refractivity contribution in [1.29, 1.82) is 0 Å². The number of H-pyrrole nitrogens is 1. The van der Waals surface area contributed by atoms with Gasteiger partial charge >= 0.3 is 0 Å². The Kier molecular flexibility index (Phi) is 7.65. The second-order valence-electron chi connectivity index (χ2n) is 2.39. The van der Waals surface area contributed by atoms with Crippen molar-refractivity contribution < 1.29 is 0 Å². The monoisotopic (exact) mass is 248 g/mol. The normalized spacial score (nSPS) is 9.64. The molecule has 1 aromatic heterocycles. The summed E-state index contributed by atoms with van der Waals surface area (Å²) in [6.45, 7) is 2.09. The minimum absolute atomic E-state index is 0.194. The number of nitrogens with two attached hydrogens (primary N) is 1. The molecule has 0 bridgehead atoms. The Balaban J connectivity index is 0.000000364. The van der Waals surface area contributed by atoms with Crippen LogP contribution in [0.3, 0.4) is 0 Å². The molecule has 0 saturated heterocycles. The van der Waals surface area contributed by atoms with Gasteiger partial charge in [-0.25, -0.2) is 0 Å². The molecule has 78 valence electrons. The van der Waals surface area contributed by atoms with Crippen LogP contribution in [0.15, 0.2) is 18.3 Å². The van der Waals surface area contributed by atoms with Gasteiger partial charge in [0, 0.05) is 6.20 Å². The fraction of sp³-hybridized carbons (Fsp3) is 0.222. The first-order valence-corrected chi connectivity index (χ1v) is 5.29. The van der Waals surface area contributed by atoms with Crippen molar-refractivity contribution in [2.75, 3.05) is 0 Å². The number of thiol groups is 1. The van der Waals surface area contributed by atoms with E-state index in [0.29, 0.717) is 0 Å². The van der Waals surface area contributed by atoms with E-state index in [1.54, 1.807) is 0 Å². The highest BCUT2D eigenvalue weighted by Gasteiger charge is 1.92. The van der Waals surface area contributed by atoms with E-state index in [1.165, 1.54) is 0 Å². The SMILES string of the molecule is CCC=Cc1[nH]ccc1Cl.NC(=S)S. The van der Waals surface area contributed by atoms with Crippen molar-refractivity contribution in [2.45, 2.75) is 13.3 Å². The first-order chi connectivity index (χ1) is 6.57. The molecule has 2 nitrogen and oxygen atoms in total. The lowest BCUT2D eigenvalue weighted by molar-refractivity contribution is 1.23. The number of nitrogens with one attached hydrogen (secondary N) is 1. The second-order valence-corrected chi connectivity index (χ2v) is 4.02. The Morgan fingerprint density at radius 1 is 1.79 bits per heavy atom. The standard InChI is InChI=1S/C8H10ClN.CH3NS2/c1-2-3-4-8-7(9)5-6-10-8;2-1(3)4/h3-6,10H,2H2,1H3;(H3,2,3,4). The average Bonchev–Trinajstić information content (AvgIpc) is 2.47. The Bertz CT molecular complexity index is 304. The second kappa shape index (κ2) is 7.91. The van der Waals surface area contributed by atoms with Gasteiger partial charge in [0.05, 0.1) is 10.7 Å². The molecule has 1 heterocycles. The fourth-order valence-electron chi connectivity index (χ4n) is 0.727. The summed E-state index contributed by atoms with van der Waals surface area (Å²) in [6.07, 6.45) is 6.92. The molecule has 1 aromatic rings. The average molecular weight is 249 g/mol. The molecule has 0 radical (unpaired) electrons. The third-order valence-corrected chi connectivity index (χ3v) is 1.58. The van der Waals surface area contributed by atoms with Crippen LogP contribution in [0.1, 0.15) is 19.0 Å². The van der Waals surface area contributed by atoms with Crippen LogP contribution in [0.4, 0.5) is 0 Å². The molecule has 0 aliphatic heterocycles. The van der Waals surface area contributed by atoms with Gasteiger partial charge in [-0.05, 0) is 18.6 Å². The summed E-state index contributed by atoms with van der Waals surface area (Å²) >= 11 is 13.4. The van der Waals surface area contributed by atoms with Crippen LogP contribution in [0.2, 0.25) is 5.02 Å². The third-order valence-electron chi connectivity index (χ3n) is 1.25. The molecule has 0 saturated carbocycles. The van der Waals surface area contributed by atoms with E-state index in [2.05, 4.69) is 42.8 Å². The molecule has 0 atom stereocenters. The molecule has 0 spiro atoms. The van der Waals surface area contributed by atoms with E-state index >= 15 is 0 Å². The van der Waals surface area contributed by atoms with Gasteiger partial charge in [-0.1, -0.05) is 36.8 Å². The molecule has 1 rings (SSSR count). The smallest absolute Gasteiger partial charge is 0.128 e. The lowest BCUT2D eigenvalue weighted by Crippen LogP contribution is -1.94. The van der Waals surface area contributed by atoms with Crippen molar-refractivity contribution in [3.05, 3.63) is 29.1 Å². The number of hydrogen-bond donors (Lipinski definition) is 3. The first-order valence-electron chi connectivity index (χ1n) is 4.05.